The molecule has 6 nitrogen and oxygen atoms in total. The summed E-state index contributed by atoms with van der Waals surface area (Å²) in [6.07, 6.45) is 0. The van der Waals surface area contributed by atoms with Crippen molar-refractivity contribution in [3.8, 4) is 0 Å². The van der Waals surface area contributed by atoms with E-state index in [0.717, 1.165) is 16.5 Å². The quantitative estimate of drug-likeness (QED) is 0.500. The molecule has 1 heterocycles. The third-order valence-corrected chi connectivity index (χ3v) is 8.25. The zero-order valence-corrected chi connectivity index (χ0v) is 17.6. The van der Waals surface area contributed by atoms with E-state index in [9.17, 15) is 18.5 Å². The number of thioether (sulfide) groups is 1. The third-order valence-electron chi connectivity index (χ3n) is 3.97. The number of halogens is 1. The van der Waals surface area contributed by atoms with Gasteiger partial charge in [-0.1, -0.05) is 23.4 Å². The van der Waals surface area contributed by atoms with E-state index in [0.29, 0.717) is 34.5 Å². The molecule has 0 aliphatic carbocycles. The molecular weight excluding hydrogens is 428 g/mol. The van der Waals surface area contributed by atoms with Crippen molar-refractivity contribution >= 4 is 50.8 Å². The average molecular weight is 445 g/mol. The van der Waals surface area contributed by atoms with Crippen LogP contribution < -0.4 is 0 Å². The van der Waals surface area contributed by atoms with E-state index in [1.54, 1.807) is 17.8 Å². The number of nitro groups is 1. The number of sulfonamides is 1. The minimum absolute atomic E-state index is 0.0359. The number of hydrogen-bond donors (Lipinski definition) is 0. The zero-order valence-electron chi connectivity index (χ0n) is 14.4. The molecule has 0 unspecified atom stereocenters. The molecule has 0 aromatic heterocycles. The van der Waals surface area contributed by atoms with Gasteiger partial charge in [-0.2, -0.15) is 16.1 Å². The van der Waals surface area contributed by atoms with Gasteiger partial charge in [0.15, 0.2) is 0 Å². The molecule has 0 spiro atoms. The molecular formula is C17H17ClN2O4S3. The van der Waals surface area contributed by atoms with Crippen LogP contribution in [-0.2, 0) is 10.0 Å². The van der Waals surface area contributed by atoms with Crippen LogP contribution in [0.2, 0.25) is 5.02 Å². The van der Waals surface area contributed by atoms with Crippen molar-refractivity contribution in [3.05, 3.63) is 57.1 Å². The molecule has 0 radical (unpaired) electrons. The lowest BCUT2D eigenvalue weighted by Gasteiger charge is -2.26. The van der Waals surface area contributed by atoms with E-state index in [2.05, 4.69) is 0 Å². The first kappa shape index (κ1) is 20.5. The third kappa shape index (κ3) is 4.78. The van der Waals surface area contributed by atoms with Crippen LogP contribution in [0.4, 0.5) is 5.69 Å². The lowest BCUT2D eigenvalue weighted by molar-refractivity contribution is -0.385. The smallest absolute Gasteiger partial charge is 0.258 e. The second-order valence-electron chi connectivity index (χ2n) is 5.97. The highest BCUT2D eigenvalue weighted by molar-refractivity contribution is 8.00. The molecule has 2 aromatic carbocycles. The van der Waals surface area contributed by atoms with Gasteiger partial charge in [0.2, 0.25) is 10.0 Å². The van der Waals surface area contributed by atoms with Crippen LogP contribution in [-0.4, -0.2) is 42.2 Å². The first-order chi connectivity index (χ1) is 12.8. The Morgan fingerprint density at radius 3 is 2.52 bits per heavy atom. The Morgan fingerprint density at radius 2 is 1.89 bits per heavy atom. The van der Waals surface area contributed by atoms with Crippen LogP contribution in [0.5, 0.6) is 0 Å². The highest BCUT2D eigenvalue weighted by Gasteiger charge is 2.30. The van der Waals surface area contributed by atoms with Crippen molar-refractivity contribution in [2.24, 2.45) is 0 Å². The molecule has 27 heavy (non-hydrogen) atoms. The van der Waals surface area contributed by atoms with Crippen molar-refractivity contribution in [1.29, 1.82) is 0 Å². The van der Waals surface area contributed by atoms with Crippen LogP contribution in [0.25, 0.3) is 0 Å². The first-order valence-corrected chi connectivity index (χ1v) is 11.9. The van der Waals surface area contributed by atoms with Gasteiger partial charge in [-0.3, -0.25) is 10.1 Å². The van der Waals surface area contributed by atoms with Crippen molar-refractivity contribution < 1.29 is 13.3 Å². The highest BCUT2D eigenvalue weighted by Crippen LogP contribution is 2.37. The second-order valence-corrected chi connectivity index (χ2v) is 10.7. The summed E-state index contributed by atoms with van der Waals surface area (Å²) in [5.74, 6) is 1.42. The van der Waals surface area contributed by atoms with E-state index in [1.807, 2.05) is 19.1 Å². The Hall–Kier alpha value is -1.26. The van der Waals surface area contributed by atoms with Gasteiger partial charge in [0.25, 0.3) is 5.69 Å². The molecule has 1 saturated heterocycles. The summed E-state index contributed by atoms with van der Waals surface area (Å²) in [5.41, 5.74) is 0.705. The van der Waals surface area contributed by atoms with Crippen molar-refractivity contribution in [1.82, 2.24) is 4.31 Å². The van der Waals surface area contributed by atoms with Gasteiger partial charge in [-0.25, -0.2) is 8.42 Å². The molecule has 0 atom stereocenters. The maximum atomic E-state index is 13.2. The minimum atomic E-state index is -3.83. The lowest BCUT2D eigenvalue weighted by Crippen LogP contribution is -2.38. The maximum Gasteiger partial charge on any atom is 0.270 e. The number of rotatable bonds is 5. The van der Waals surface area contributed by atoms with E-state index in [4.69, 9.17) is 11.6 Å². The molecule has 2 aromatic rings. The summed E-state index contributed by atoms with van der Waals surface area (Å²) in [5, 5.41) is 11.7. The number of non-ortho nitro benzene ring substituents is 1. The standard InChI is InChI=1S/C17H17ClN2O4S3/c1-12-8-13(18)10-15(9-12)26-16-3-2-14(20(21)22)11-17(16)27(23,24)19-4-6-25-7-5-19/h2-3,8-11H,4-7H2,1H3. The molecule has 144 valence electrons. The van der Waals surface area contributed by atoms with Crippen molar-refractivity contribution in [2.45, 2.75) is 21.6 Å². The second kappa shape index (κ2) is 8.40. The van der Waals surface area contributed by atoms with Crippen LogP contribution in [0.3, 0.4) is 0 Å². The summed E-state index contributed by atoms with van der Waals surface area (Å²) in [6, 6.07) is 9.41. The summed E-state index contributed by atoms with van der Waals surface area (Å²) in [6.45, 7) is 2.70. The topological polar surface area (TPSA) is 80.5 Å². The Morgan fingerprint density at radius 1 is 1.19 bits per heavy atom. The first-order valence-electron chi connectivity index (χ1n) is 8.09. The van der Waals surface area contributed by atoms with Crippen molar-refractivity contribution in [2.75, 3.05) is 24.6 Å². The Balaban J connectivity index is 2.06. The van der Waals surface area contributed by atoms with E-state index in [-0.39, 0.29) is 10.6 Å². The molecule has 1 fully saturated rings. The monoisotopic (exact) mass is 444 g/mol. The Kier molecular flexibility index (Phi) is 6.37. The Labute approximate surface area is 171 Å². The van der Waals surface area contributed by atoms with Crippen LogP contribution in [0.15, 0.2) is 51.1 Å². The van der Waals surface area contributed by atoms with Gasteiger partial charge in [0.1, 0.15) is 4.90 Å². The number of aryl methyl sites for hydroxylation is 1. The summed E-state index contributed by atoms with van der Waals surface area (Å²) in [4.78, 5) is 11.8. The van der Waals surface area contributed by atoms with E-state index < -0.39 is 14.9 Å². The molecule has 3 rings (SSSR count). The van der Waals surface area contributed by atoms with Crippen LogP contribution >= 0.6 is 35.1 Å². The number of benzene rings is 2. The van der Waals surface area contributed by atoms with Gasteiger partial charge < -0.3 is 0 Å². The van der Waals surface area contributed by atoms with E-state index >= 15 is 0 Å². The fourth-order valence-corrected chi connectivity index (χ4v) is 7.15. The molecule has 1 aliphatic heterocycles. The molecule has 0 N–H and O–H groups in total. The number of nitrogens with zero attached hydrogens (tertiary/aromatic N) is 2. The van der Waals surface area contributed by atoms with Crippen LogP contribution in [0.1, 0.15) is 5.56 Å². The predicted molar refractivity (Wildman–Crippen MR) is 109 cm³/mol. The van der Waals surface area contributed by atoms with Gasteiger partial charge >= 0.3 is 0 Å². The summed E-state index contributed by atoms with van der Waals surface area (Å²) < 4.78 is 27.7. The molecule has 0 saturated carbocycles. The molecule has 1 aliphatic rings. The van der Waals surface area contributed by atoms with Gasteiger partial charge in [-0.05, 0) is 36.8 Å². The fourth-order valence-electron chi connectivity index (χ4n) is 2.71. The van der Waals surface area contributed by atoms with Crippen molar-refractivity contribution in [3.63, 3.8) is 0 Å². The zero-order chi connectivity index (χ0) is 19.6. The SMILES string of the molecule is Cc1cc(Cl)cc(Sc2ccc([N+](=O)[O-])cc2S(=O)(=O)N2CCSCC2)c1. The molecule has 0 amide bonds. The molecule has 0 bridgehead atoms. The Bertz CT molecular complexity index is 956. The fraction of sp³-hybridized carbons (Fsp3) is 0.294. The summed E-state index contributed by atoms with van der Waals surface area (Å²) in [7, 11) is -3.83. The van der Waals surface area contributed by atoms with Gasteiger partial charge in [0, 0.05) is 51.5 Å². The van der Waals surface area contributed by atoms with Gasteiger partial charge in [0.05, 0.1) is 4.92 Å². The number of hydrogen-bond acceptors (Lipinski definition) is 6. The van der Waals surface area contributed by atoms with E-state index in [1.165, 1.54) is 28.2 Å². The maximum absolute atomic E-state index is 13.2. The van der Waals surface area contributed by atoms with Gasteiger partial charge in [-0.15, -0.1) is 0 Å². The number of nitro benzene ring substituents is 1. The normalized spacial score (nSPS) is 15.6. The summed E-state index contributed by atoms with van der Waals surface area (Å²) >= 11 is 9.03. The highest BCUT2D eigenvalue weighted by atomic mass is 35.5. The lowest BCUT2D eigenvalue weighted by atomic mass is 10.2. The molecule has 10 heteroatoms. The predicted octanol–water partition coefficient (Wildman–Crippen LogP) is 4.45. The largest absolute Gasteiger partial charge is 0.270 e. The van der Waals surface area contributed by atoms with Crippen LogP contribution in [0, 0.1) is 17.0 Å². The minimum Gasteiger partial charge on any atom is -0.258 e. The average Bonchev–Trinajstić information content (AvgIpc) is 2.61.